The molecule has 0 N–H and O–H groups in total. The minimum absolute atomic E-state index is 0.703. The first-order chi connectivity index (χ1) is 26.2. The van der Waals surface area contributed by atoms with Gasteiger partial charge in [0.05, 0.1) is 22.6 Å². The fourth-order valence-electron chi connectivity index (χ4n) is 7.20. The summed E-state index contributed by atoms with van der Waals surface area (Å²) in [5.41, 5.74) is 12.7. The molecule has 0 amide bonds. The Balaban J connectivity index is 1.05. The van der Waals surface area contributed by atoms with Crippen molar-refractivity contribution in [1.82, 2.24) is 15.0 Å². The van der Waals surface area contributed by atoms with E-state index in [4.69, 9.17) is 15.0 Å². The summed E-state index contributed by atoms with van der Waals surface area (Å²) in [4.78, 5) is 15.4. The van der Waals surface area contributed by atoms with Crippen LogP contribution >= 0.6 is 11.3 Å². The maximum Gasteiger partial charge on any atom is 0.160 e. The van der Waals surface area contributed by atoms with Crippen molar-refractivity contribution in [2.45, 2.75) is 0 Å². The average Bonchev–Trinajstić information content (AvgIpc) is 3.64. The highest BCUT2D eigenvalue weighted by Crippen LogP contribution is 2.43. The summed E-state index contributed by atoms with van der Waals surface area (Å²) in [6.45, 7) is 0. The van der Waals surface area contributed by atoms with Crippen LogP contribution < -0.4 is 0 Å². The Hall–Kier alpha value is -6.75. The van der Waals surface area contributed by atoms with E-state index in [0.717, 1.165) is 56.0 Å². The number of pyridine rings is 1. The van der Waals surface area contributed by atoms with Gasteiger partial charge in [-0.3, -0.25) is 0 Å². The summed E-state index contributed by atoms with van der Waals surface area (Å²) in [7, 11) is 0. The standard InChI is InChI=1S/C49H31N3S/c1-4-12-32(13-5-1)33-22-26-38(27-23-33)49-51-43(35-14-6-2-7-15-35)31-44(52-49)36-24-20-34(21-25-36)39-28-29-42-41(30-39)48-46(40-18-10-11-19-45(40)53-48)47(50-42)37-16-8-3-9-17-37/h1-31H. The van der Waals surface area contributed by atoms with Crippen molar-refractivity contribution in [3.63, 3.8) is 0 Å². The van der Waals surface area contributed by atoms with Crippen molar-refractivity contribution in [3.05, 3.63) is 188 Å². The van der Waals surface area contributed by atoms with Gasteiger partial charge in [0.15, 0.2) is 5.82 Å². The molecule has 4 heteroatoms. The predicted octanol–water partition coefficient (Wildman–Crippen LogP) is 13.4. The molecule has 0 aliphatic rings. The summed E-state index contributed by atoms with van der Waals surface area (Å²) in [5, 5.41) is 3.65. The third kappa shape index (κ3) is 5.76. The number of hydrogen-bond acceptors (Lipinski definition) is 4. The first-order valence-corrected chi connectivity index (χ1v) is 18.6. The minimum atomic E-state index is 0.703. The smallest absolute Gasteiger partial charge is 0.160 e. The summed E-state index contributed by atoms with van der Waals surface area (Å²) >= 11 is 1.85. The lowest BCUT2D eigenvalue weighted by atomic mass is 9.98. The van der Waals surface area contributed by atoms with Crippen molar-refractivity contribution >= 4 is 42.4 Å². The van der Waals surface area contributed by atoms with Crippen LogP contribution in [0.2, 0.25) is 0 Å². The molecule has 0 fully saturated rings. The van der Waals surface area contributed by atoms with Crippen molar-refractivity contribution < 1.29 is 0 Å². The first-order valence-electron chi connectivity index (χ1n) is 17.8. The van der Waals surface area contributed by atoms with E-state index in [0.29, 0.717) is 5.82 Å². The number of hydrogen-bond donors (Lipinski definition) is 0. The molecule has 53 heavy (non-hydrogen) atoms. The molecule has 0 saturated heterocycles. The average molecular weight is 694 g/mol. The minimum Gasteiger partial charge on any atom is -0.247 e. The first kappa shape index (κ1) is 31.0. The van der Waals surface area contributed by atoms with E-state index in [9.17, 15) is 0 Å². The van der Waals surface area contributed by atoms with Gasteiger partial charge in [-0.1, -0.05) is 164 Å². The third-order valence-corrected chi connectivity index (χ3v) is 11.1. The zero-order chi connectivity index (χ0) is 35.1. The second kappa shape index (κ2) is 13.1. The third-order valence-electron chi connectivity index (χ3n) is 9.91. The molecule has 0 aliphatic carbocycles. The van der Waals surface area contributed by atoms with Gasteiger partial charge in [0.2, 0.25) is 0 Å². The van der Waals surface area contributed by atoms with Gasteiger partial charge in [-0.2, -0.15) is 0 Å². The fraction of sp³-hybridized carbons (Fsp3) is 0. The Morgan fingerprint density at radius 3 is 1.51 bits per heavy atom. The molecule has 0 atom stereocenters. The molecule has 248 valence electrons. The largest absolute Gasteiger partial charge is 0.247 e. The zero-order valence-corrected chi connectivity index (χ0v) is 29.5. The van der Waals surface area contributed by atoms with Crippen molar-refractivity contribution in [2.24, 2.45) is 0 Å². The lowest BCUT2D eigenvalue weighted by molar-refractivity contribution is 1.18. The quantitative estimate of drug-likeness (QED) is 0.174. The highest BCUT2D eigenvalue weighted by atomic mass is 32.1. The molecule has 0 radical (unpaired) electrons. The van der Waals surface area contributed by atoms with Gasteiger partial charge in [-0.25, -0.2) is 15.0 Å². The number of thiophene rings is 1. The molecular formula is C49H31N3S. The van der Waals surface area contributed by atoms with Gasteiger partial charge in [-0.05, 0) is 46.5 Å². The van der Waals surface area contributed by atoms with E-state index < -0.39 is 0 Å². The molecular weight excluding hydrogens is 663 g/mol. The van der Waals surface area contributed by atoms with Gasteiger partial charge >= 0.3 is 0 Å². The molecule has 0 bridgehead atoms. The Morgan fingerprint density at radius 2 is 0.830 bits per heavy atom. The van der Waals surface area contributed by atoms with E-state index in [1.807, 2.05) is 35.6 Å². The number of fused-ring (bicyclic) bond motifs is 5. The fourth-order valence-corrected chi connectivity index (χ4v) is 8.43. The summed E-state index contributed by atoms with van der Waals surface area (Å²) < 4.78 is 2.54. The maximum absolute atomic E-state index is 5.26. The van der Waals surface area contributed by atoms with Crippen LogP contribution in [0.4, 0.5) is 0 Å². The Labute approximate surface area is 311 Å². The van der Waals surface area contributed by atoms with Crippen LogP contribution in [-0.4, -0.2) is 15.0 Å². The number of aromatic nitrogens is 3. The van der Waals surface area contributed by atoms with Gasteiger partial charge in [0.25, 0.3) is 0 Å². The molecule has 0 saturated carbocycles. The van der Waals surface area contributed by atoms with Crippen LogP contribution in [-0.2, 0) is 0 Å². The van der Waals surface area contributed by atoms with Gasteiger partial charge in [0.1, 0.15) is 0 Å². The topological polar surface area (TPSA) is 38.7 Å². The lowest BCUT2D eigenvalue weighted by Crippen LogP contribution is -1.96. The van der Waals surface area contributed by atoms with E-state index >= 15 is 0 Å². The Bertz CT molecular complexity index is 2900. The summed E-state index contributed by atoms with van der Waals surface area (Å²) in [6, 6.07) is 66.0. The van der Waals surface area contributed by atoms with Crippen molar-refractivity contribution in [3.8, 4) is 67.4 Å². The second-order valence-corrected chi connectivity index (χ2v) is 14.3. The van der Waals surface area contributed by atoms with Crippen molar-refractivity contribution in [1.29, 1.82) is 0 Å². The molecule has 0 spiro atoms. The van der Waals surface area contributed by atoms with E-state index in [2.05, 4.69) is 164 Å². The highest BCUT2D eigenvalue weighted by Gasteiger charge is 2.17. The molecule has 3 aromatic heterocycles. The number of nitrogens with zero attached hydrogens (tertiary/aromatic N) is 3. The molecule has 0 aliphatic heterocycles. The summed E-state index contributed by atoms with van der Waals surface area (Å²) in [6.07, 6.45) is 0. The van der Waals surface area contributed by atoms with Crippen LogP contribution in [0.5, 0.6) is 0 Å². The zero-order valence-electron chi connectivity index (χ0n) is 28.6. The van der Waals surface area contributed by atoms with Crippen LogP contribution in [0.1, 0.15) is 0 Å². The summed E-state index contributed by atoms with van der Waals surface area (Å²) in [5.74, 6) is 0.703. The molecule has 10 rings (SSSR count). The number of benzene rings is 7. The van der Waals surface area contributed by atoms with Crippen LogP contribution in [0, 0.1) is 0 Å². The normalized spacial score (nSPS) is 11.4. The molecule has 3 nitrogen and oxygen atoms in total. The lowest BCUT2D eigenvalue weighted by Gasteiger charge is -2.11. The van der Waals surface area contributed by atoms with Crippen LogP contribution in [0.15, 0.2) is 188 Å². The molecule has 7 aromatic carbocycles. The monoisotopic (exact) mass is 693 g/mol. The Morgan fingerprint density at radius 1 is 0.340 bits per heavy atom. The van der Waals surface area contributed by atoms with E-state index in [1.54, 1.807) is 0 Å². The van der Waals surface area contributed by atoms with Gasteiger partial charge in [0, 0.05) is 47.8 Å². The van der Waals surface area contributed by atoms with Gasteiger partial charge in [-0.15, -0.1) is 11.3 Å². The molecule has 3 heterocycles. The second-order valence-electron chi connectivity index (χ2n) is 13.2. The highest BCUT2D eigenvalue weighted by molar-refractivity contribution is 7.26. The van der Waals surface area contributed by atoms with E-state index in [-0.39, 0.29) is 0 Å². The number of rotatable bonds is 6. The van der Waals surface area contributed by atoms with E-state index in [1.165, 1.54) is 36.7 Å². The molecule has 0 unspecified atom stereocenters. The Kier molecular flexibility index (Phi) is 7.67. The van der Waals surface area contributed by atoms with Crippen LogP contribution in [0.25, 0.3) is 98.5 Å². The molecule has 10 aromatic rings. The van der Waals surface area contributed by atoms with Crippen LogP contribution in [0.3, 0.4) is 0 Å². The predicted molar refractivity (Wildman–Crippen MR) is 223 cm³/mol. The van der Waals surface area contributed by atoms with Crippen molar-refractivity contribution in [2.75, 3.05) is 0 Å². The SMILES string of the molecule is c1ccc(-c2ccc(-c3nc(-c4ccccc4)cc(-c4ccc(-c5ccc6nc(-c7ccccc7)c7c8ccccc8sc7c6c5)cc4)n3)cc2)cc1. The van der Waals surface area contributed by atoms with Gasteiger partial charge < -0.3 is 0 Å². The maximum atomic E-state index is 5.26.